The van der Waals surface area contributed by atoms with Crippen molar-refractivity contribution in [2.45, 2.75) is 24.7 Å². The number of esters is 1. The number of pyridine rings is 1. The van der Waals surface area contributed by atoms with Crippen LogP contribution in [0, 0.1) is 0 Å². The van der Waals surface area contributed by atoms with Crippen LogP contribution in [0.2, 0.25) is 10.0 Å². The van der Waals surface area contributed by atoms with E-state index in [9.17, 15) is 13.2 Å². The molecule has 0 spiro atoms. The second-order valence-corrected chi connectivity index (χ2v) is 10.8. The number of rotatable bonds is 9. The number of nitrogens with two attached hydrogens (primary N) is 1. The van der Waals surface area contributed by atoms with E-state index in [1.807, 2.05) is 23.8 Å². The molecule has 0 unspecified atom stereocenters. The van der Waals surface area contributed by atoms with Crippen molar-refractivity contribution in [2.75, 3.05) is 23.2 Å². The molecule has 0 aliphatic heterocycles. The topological polar surface area (TPSA) is 108 Å². The molecule has 0 radical (unpaired) electrons. The molecular formula is C25H24Cl2N4O4S. The van der Waals surface area contributed by atoms with Crippen LogP contribution in [0.3, 0.4) is 0 Å². The molecule has 188 valence electrons. The lowest BCUT2D eigenvalue weighted by Crippen LogP contribution is -2.36. The summed E-state index contributed by atoms with van der Waals surface area (Å²) in [6, 6.07) is 14.3. The maximum atomic E-state index is 13.7. The first-order valence-electron chi connectivity index (χ1n) is 11.2. The summed E-state index contributed by atoms with van der Waals surface area (Å²) < 4.78 is 35.4. The van der Waals surface area contributed by atoms with Crippen LogP contribution in [0.25, 0.3) is 16.7 Å². The van der Waals surface area contributed by atoms with Crippen LogP contribution in [-0.4, -0.2) is 37.1 Å². The lowest BCUT2D eigenvalue weighted by Gasteiger charge is -2.24. The molecule has 0 bridgehead atoms. The number of halogens is 2. The Morgan fingerprint density at radius 1 is 1.08 bits per heavy atom. The van der Waals surface area contributed by atoms with Crippen molar-refractivity contribution in [1.82, 2.24) is 9.55 Å². The smallest absolute Gasteiger partial charge is 0.326 e. The summed E-state index contributed by atoms with van der Waals surface area (Å²) in [7, 11) is -4.22. The van der Waals surface area contributed by atoms with Gasteiger partial charge in [0.1, 0.15) is 12.4 Å². The summed E-state index contributed by atoms with van der Waals surface area (Å²) in [5, 5.41) is 1.06. The average Bonchev–Trinajstić information content (AvgIpc) is 3.25. The van der Waals surface area contributed by atoms with Gasteiger partial charge in [-0.05, 0) is 55.0 Å². The van der Waals surface area contributed by atoms with E-state index in [-0.39, 0.29) is 27.2 Å². The van der Waals surface area contributed by atoms with E-state index in [0.717, 1.165) is 21.6 Å². The molecule has 0 atom stereocenters. The first kappa shape index (κ1) is 25.8. The largest absolute Gasteiger partial charge is 0.464 e. The molecule has 36 heavy (non-hydrogen) atoms. The SMILES string of the molecule is CCCCOC(=O)CN(c1ccc2c(ccn2-c2cc(N)ccn2)c1)S(=O)(=O)c1cc(Cl)cc(Cl)c1. The number of hydrogen-bond donors (Lipinski definition) is 1. The summed E-state index contributed by atoms with van der Waals surface area (Å²) in [6.07, 6.45) is 4.94. The van der Waals surface area contributed by atoms with Crippen LogP contribution < -0.4 is 10.0 Å². The zero-order valence-corrected chi connectivity index (χ0v) is 21.7. The van der Waals surface area contributed by atoms with Gasteiger partial charge in [0.25, 0.3) is 10.0 Å². The monoisotopic (exact) mass is 546 g/mol. The maximum absolute atomic E-state index is 13.7. The predicted octanol–water partition coefficient (Wildman–Crippen LogP) is 5.45. The predicted molar refractivity (Wildman–Crippen MR) is 142 cm³/mol. The van der Waals surface area contributed by atoms with Gasteiger partial charge in [-0.3, -0.25) is 9.10 Å². The second kappa shape index (κ2) is 10.8. The lowest BCUT2D eigenvalue weighted by molar-refractivity contribution is -0.141. The minimum absolute atomic E-state index is 0.136. The van der Waals surface area contributed by atoms with Crippen molar-refractivity contribution >= 4 is 61.5 Å². The van der Waals surface area contributed by atoms with Gasteiger partial charge < -0.3 is 15.0 Å². The molecule has 0 aliphatic rings. The lowest BCUT2D eigenvalue weighted by atomic mass is 10.2. The Hall–Kier alpha value is -3.27. The molecule has 8 nitrogen and oxygen atoms in total. The molecule has 11 heteroatoms. The summed E-state index contributed by atoms with van der Waals surface area (Å²) in [6.45, 7) is 1.66. The van der Waals surface area contributed by atoms with Crippen LogP contribution in [-0.2, 0) is 19.6 Å². The molecule has 0 fully saturated rings. The molecule has 0 saturated carbocycles. The first-order valence-corrected chi connectivity index (χ1v) is 13.4. The Morgan fingerprint density at radius 2 is 1.83 bits per heavy atom. The summed E-state index contributed by atoms with van der Waals surface area (Å²) >= 11 is 12.1. The van der Waals surface area contributed by atoms with Gasteiger partial charge in [0, 0.05) is 39.6 Å². The standard InChI is InChI=1S/C25H24Cl2N4O4S/c1-2-3-10-35-25(32)16-31(36(33,34)22-13-18(26)12-19(27)14-22)21-4-5-23-17(11-21)7-9-30(23)24-15-20(28)6-8-29-24/h4-9,11-15H,2-3,10,16H2,1H3,(H2,28,29). The van der Waals surface area contributed by atoms with Crippen molar-refractivity contribution in [3.8, 4) is 5.82 Å². The first-order chi connectivity index (χ1) is 17.2. The van der Waals surface area contributed by atoms with Crippen LogP contribution in [0.15, 0.2) is 71.9 Å². The van der Waals surface area contributed by atoms with Gasteiger partial charge in [-0.1, -0.05) is 36.5 Å². The molecule has 2 N–H and O–H groups in total. The fourth-order valence-electron chi connectivity index (χ4n) is 3.66. The van der Waals surface area contributed by atoms with Gasteiger partial charge >= 0.3 is 5.97 Å². The summed E-state index contributed by atoms with van der Waals surface area (Å²) in [5.74, 6) is -0.0444. The van der Waals surface area contributed by atoms with E-state index >= 15 is 0 Å². The van der Waals surface area contributed by atoms with E-state index < -0.39 is 22.5 Å². The number of ether oxygens (including phenoxy) is 1. The fraction of sp³-hybridized carbons (Fsp3) is 0.200. The average molecular weight is 547 g/mol. The van der Waals surface area contributed by atoms with Crippen LogP contribution in [0.5, 0.6) is 0 Å². The molecule has 2 aromatic carbocycles. The van der Waals surface area contributed by atoms with Crippen molar-refractivity contribution in [3.05, 3.63) is 77.0 Å². The zero-order chi connectivity index (χ0) is 25.9. The number of hydrogen-bond acceptors (Lipinski definition) is 6. The molecule has 0 aliphatic carbocycles. The minimum atomic E-state index is -4.22. The van der Waals surface area contributed by atoms with Gasteiger partial charge in [0.05, 0.1) is 22.7 Å². The highest BCUT2D eigenvalue weighted by Crippen LogP contribution is 2.31. The van der Waals surface area contributed by atoms with E-state index in [1.54, 1.807) is 36.5 Å². The Labute approximate surface area is 219 Å². The third-order valence-electron chi connectivity index (χ3n) is 5.44. The molecule has 2 heterocycles. The number of sulfonamides is 1. The normalized spacial score (nSPS) is 11.5. The fourth-order valence-corrected chi connectivity index (χ4v) is 5.79. The number of carbonyl (C=O) groups excluding carboxylic acids is 1. The Bertz CT molecular complexity index is 1500. The third kappa shape index (κ3) is 5.59. The van der Waals surface area contributed by atoms with Gasteiger partial charge in [-0.2, -0.15) is 0 Å². The van der Waals surface area contributed by atoms with Crippen LogP contribution in [0.1, 0.15) is 19.8 Å². The quantitative estimate of drug-likeness (QED) is 0.221. The Balaban J connectivity index is 1.76. The van der Waals surface area contributed by atoms with Gasteiger partial charge in [-0.25, -0.2) is 13.4 Å². The second-order valence-electron chi connectivity index (χ2n) is 8.07. The summed E-state index contributed by atoms with van der Waals surface area (Å²) in [5.41, 5.74) is 7.53. The van der Waals surface area contributed by atoms with Crippen molar-refractivity contribution in [2.24, 2.45) is 0 Å². The highest BCUT2D eigenvalue weighted by atomic mass is 35.5. The minimum Gasteiger partial charge on any atom is -0.464 e. The summed E-state index contributed by atoms with van der Waals surface area (Å²) in [4.78, 5) is 16.8. The van der Waals surface area contributed by atoms with Gasteiger partial charge in [0.2, 0.25) is 0 Å². The van der Waals surface area contributed by atoms with Gasteiger partial charge in [-0.15, -0.1) is 0 Å². The van der Waals surface area contributed by atoms with E-state index in [0.29, 0.717) is 17.9 Å². The molecule has 4 rings (SSSR count). The zero-order valence-electron chi connectivity index (χ0n) is 19.4. The number of aromatic nitrogens is 2. The number of nitrogen functional groups attached to an aromatic ring is 1. The number of anilines is 2. The van der Waals surface area contributed by atoms with Crippen LogP contribution >= 0.6 is 23.2 Å². The van der Waals surface area contributed by atoms with Crippen molar-refractivity contribution in [3.63, 3.8) is 0 Å². The maximum Gasteiger partial charge on any atom is 0.326 e. The van der Waals surface area contributed by atoms with Crippen molar-refractivity contribution in [1.29, 1.82) is 0 Å². The molecule has 2 aromatic heterocycles. The molecular weight excluding hydrogens is 523 g/mol. The van der Waals surface area contributed by atoms with Crippen molar-refractivity contribution < 1.29 is 17.9 Å². The Morgan fingerprint density at radius 3 is 2.53 bits per heavy atom. The number of carbonyl (C=O) groups is 1. The van der Waals surface area contributed by atoms with E-state index in [4.69, 9.17) is 33.7 Å². The number of nitrogens with zero attached hydrogens (tertiary/aromatic N) is 3. The third-order valence-corrected chi connectivity index (χ3v) is 7.62. The number of benzene rings is 2. The molecule has 0 amide bonds. The Kier molecular flexibility index (Phi) is 7.73. The number of fused-ring (bicyclic) bond motifs is 1. The molecule has 4 aromatic rings. The van der Waals surface area contributed by atoms with E-state index in [1.165, 1.54) is 18.2 Å². The highest BCUT2D eigenvalue weighted by Gasteiger charge is 2.29. The van der Waals surface area contributed by atoms with Gasteiger partial charge in [0.15, 0.2) is 0 Å². The molecule has 0 saturated heterocycles. The highest BCUT2D eigenvalue weighted by molar-refractivity contribution is 7.92. The van der Waals surface area contributed by atoms with Crippen LogP contribution in [0.4, 0.5) is 11.4 Å². The number of unbranched alkanes of at least 4 members (excludes halogenated alkanes) is 1. The van der Waals surface area contributed by atoms with E-state index in [2.05, 4.69) is 4.98 Å².